The first kappa shape index (κ1) is 16.7. The quantitative estimate of drug-likeness (QED) is 0.833. The molecule has 1 aromatic rings. The number of hydrogen-bond acceptors (Lipinski definition) is 4. The molecule has 0 spiro atoms. The zero-order chi connectivity index (χ0) is 15.5. The molecule has 1 aromatic carbocycles. The normalized spacial score (nSPS) is 22.6. The monoisotopic (exact) mass is 332 g/mol. The molecule has 1 fully saturated rings. The summed E-state index contributed by atoms with van der Waals surface area (Å²) in [7, 11) is -1.80. The second-order valence-corrected chi connectivity index (χ2v) is 7.41. The first-order valence-corrected chi connectivity index (χ1v) is 8.84. The first-order valence-electron chi connectivity index (χ1n) is 6.98. The summed E-state index contributed by atoms with van der Waals surface area (Å²) < 4.78 is 32.9. The second-order valence-electron chi connectivity index (χ2n) is 5.27. The number of ether oxygens (including phenoxy) is 1. The fraction of sp³-hybridized carbons (Fsp3) is 0.571. The number of nitrogens with one attached hydrogen (secondary N) is 2. The minimum atomic E-state index is -3.61. The van der Waals surface area contributed by atoms with E-state index in [4.69, 9.17) is 16.3 Å². The summed E-state index contributed by atoms with van der Waals surface area (Å²) in [6.07, 6.45) is 0.954. The van der Waals surface area contributed by atoms with Crippen LogP contribution in [0.1, 0.15) is 18.9 Å². The van der Waals surface area contributed by atoms with E-state index in [1.807, 2.05) is 20.0 Å². The van der Waals surface area contributed by atoms with E-state index in [9.17, 15) is 8.42 Å². The summed E-state index contributed by atoms with van der Waals surface area (Å²) >= 11 is 6.04. The van der Waals surface area contributed by atoms with Crippen LogP contribution in [0.4, 0.5) is 0 Å². The van der Waals surface area contributed by atoms with Gasteiger partial charge in [-0.3, -0.25) is 0 Å². The zero-order valence-electron chi connectivity index (χ0n) is 12.2. The molecule has 1 saturated heterocycles. The Labute approximate surface area is 131 Å². The fourth-order valence-corrected chi connectivity index (χ4v) is 4.05. The maximum absolute atomic E-state index is 12.4. The Morgan fingerprint density at radius 3 is 2.81 bits per heavy atom. The molecule has 0 bridgehead atoms. The van der Waals surface area contributed by atoms with Gasteiger partial charge in [-0.05, 0) is 38.1 Å². The topological polar surface area (TPSA) is 67.4 Å². The first-order chi connectivity index (χ1) is 9.94. The smallest absolute Gasteiger partial charge is 0.242 e. The summed E-state index contributed by atoms with van der Waals surface area (Å²) in [6.45, 7) is 3.61. The molecule has 0 amide bonds. The molecule has 0 aromatic heterocycles. The third-order valence-electron chi connectivity index (χ3n) is 3.73. The summed E-state index contributed by atoms with van der Waals surface area (Å²) in [6, 6.07) is 5.03. The van der Waals surface area contributed by atoms with Crippen LogP contribution in [-0.4, -0.2) is 34.7 Å². The van der Waals surface area contributed by atoms with Crippen molar-refractivity contribution in [3.05, 3.63) is 28.8 Å². The Balaban J connectivity index is 2.13. The maximum atomic E-state index is 12.4. The van der Waals surface area contributed by atoms with E-state index in [1.54, 1.807) is 12.1 Å². The van der Waals surface area contributed by atoms with Gasteiger partial charge in [-0.1, -0.05) is 17.7 Å². The standard InChI is InChI=1S/C14H21ClN2O3S/c1-10-12(5-6-20-10)9-17-21(18,19)14-7-11(8-16-2)3-4-13(14)15/h3-4,7,10,12,16-17H,5-6,8-9H2,1-2H3. The Kier molecular flexibility index (Phi) is 5.62. The lowest BCUT2D eigenvalue weighted by Gasteiger charge is -2.16. The van der Waals surface area contributed by atoms with E-state index < -0.39 is 10.0 Å². The van der Waals surface area contributed by atoms with Crippen molar-refractivity contribution in [1.82, 2.24) is 10.0 Å². The largest absolute Gasteiger partial charge is 0.378 e. The highest BCUT2D eigenvalue weighted by Gasteiger charge is 2.27. The zero-order valence-corrected chi connectivity index (χ0v) is 13.8. The van der Waals surface area contributed by atoms with Gasteiger partial charge in [0.15, 0.2) is 0 Å². The van der Waals surface area contributed by atoms with Crippen molar-refractivity contribution in [2.45, 2.75) is 30.9 Å². The highest BCUT2D eigenvalue weighted by Crippen LogP contribution is 2.24. The third-order valence-corrected chi connectivity index (χ3v) is 5.64. The average molecular weight is 333 g/mol. The fourth-order valence-electron chi connectivity index (χ4n) is 2.41. The number of halogens is 1. The van der Waals surface area contributed by atoms with Gasteiger partial charge >= 0.3 is 0 Å². The molecule has 2 N–H and O–H groups in total. The molecule has 2 unspecified atom stereocenters. The molecule has 2 atom stereocenters. The van der Waals surface area contributed by atoms with Crippen molar-refractivity contribution in [2.75, 3.05) is 20.2 Å². The van der Waals surface area contributed by atoms with E-state index >= 15 is 0 Å². The van der Waals surface area contributed by atoms with Gasteiger partial charge < -0.3 is 10.1 Å². The van der Waals surface area contributed by atoms with Crippen molar-refractivity contribution in [1.29, 1.82) is 0 Å². The SMILES string of the molecule is CNCc1ccc(Cl)c(S(=O)(=O)NCC2CCOC2C)c1. The lowest BCUT2D eigenvalue weighted by Crippen LogP contribution is -2.32. The van der Waals surface area contributed by atoms with Gasteiger partial charge in [-0.25, -0.2) is 13.1 Å². The van der Waals surface area contributed by atoms with Gasteiger partial charge in [0, 0.05) is 25.6 Å². The number of benzene rings is 1. The van der Waals surface area contributed by atoms with Crippen molar-refractivity contribution in [3.63, 3.8) is 0 Å². The van der Waals surface area contributed by atoms with Crippen LogP contribution in [0.15, 0.2) is 23.1 Å². The molecule has 118 valence electrons. The van der Waals surface area contributed by atoms with Crippen LogP contribution in [0.2, 0.25) is 5.02 Å². The molecule has 2 rings (SSSR count). The molecule has 0 aliphatic carbocycles. The predicted molar refractivity (Wildman–Crippen MR) is 82.9 cm³/mol. The van der Waals surface area contributed by atoms with Crippen LogP contribution in [0, 0.1) is 5.92 Å². The van der Waals surface area contributed by atoms with Gasteiger partial charge in [0.1, 0.15) is 4.90 Å². The second kappa shape index (κ2) is 7.07. The van der Waals surface area contributed by atoms with Gasteiger partial charge in [0.2, 0.25) is 10.0 Å². The van der Waals surface area contributed by atoms with E-state index in [2.05, 4.69) is 10.0 Å². The Morgan fingerprint density at radius 1 is 1.43 bits per heavy atom. The molecular weight excluding hydrogens is 312 g/mol. The lowest BCUT2D eigenvalue weighted by molar-refractivity contribution is 0.107. The van der Waals surface area contributed by atoms with E-state index in [0.717, 1.165) is 12.0 Å². The van der Waals surface area contributed by atoms with Gasteiger partial charge in [-0.15, -0.1) is 0 Å². The Bertz CT molecular complexity index is 592. The van der Waals surface area contributed by atoms with Crippen LogP contribution >= 0.6 is 11.6 Å². The number of sulfonamides is 1. The van der Waals surface area contributed by atoms with Gasteiger partial charge in [0.25, 0.3) is 0 Å². The average Bonchev–Trinajstić information content (AvgIpc) is 2.84. The molecular formula is C14H21ClN2O3S. The third kappa shape index (κ3) is 4.17. The molecule has 1 aliphatic heterocycles. The molecule has 1 heterocycles. The molecule has 0 saturated carbocycles. The predicted octanol–water partition coefficient (Wildman–Crippen LogP) is 1.76. The molecule has 1 aliphatic rings. The van der Waals surface area contributed by atoms with Crippen molar-refractivity contribution >= 4 is 21.6 Å². The molecule has 5 nitrogen and oxygen atoms in total. The van der Waals surface area contributed by atoms with Crippen LogP contribution in [0.25, 0.3) is 0 Å². The summed E-state index contributed by atoms with van der Waals surface area (Å²) in [5.74, 6) is 0.207. The molecule has 7 heteroatoms. The highest BCUT2D eigenvalue weighted by molar-refractivity contribution is 7.89. The highest BCUT2D eigenvalue weighted by atomic mass is 35.5. The lowest BCUT2D eigenvalue weighted by atomic mass is 10.0. The van der Waals surface area contributed by atoms with Gasteiger partial charge in [-0.2, -0.15) is 0 Å². The van der Waals surface area contributed by atoms with Crippen LogP contribution < -0.4 is 10.0 Å². The summed E-state index contributed by atoms with van der Waals surface area (Å²) in [4.78, 5) is 0.128. The van der Waals surface area contributed by atoms with Crippen LogP contribution in [0.3, 0.4) is 0 Å². The van der Waals surface area contributed by atoms with Crippen molar-refractivity contribution < 1.29 is 13.2 Å². The minimum absolute atomic E-state index is 0.0822. The van der Waals surface area contributed by atoms with E-state index in [0.29, 0.717) is 19.7 Å². The molecule has 21 heavy (non-hydrogen) atoms. The maximum Gasteiger partial charge on any atom is 0.242 e. The Morgan fingerprint density at radius 2 is 2.19 bits per heavy atom. The minimum Gasteiger partial charge on any atom is -0.378 e. The van der Waals surface area contributed by atoms with Crippen LogP contribution in [0.5, 0.6) is 0 Å². The summed E-state index contributed by atoms with van der Waals surface area (Å²) in [5, 5.41) is 3.22. The van der Waals surface area contributed by atoms with E-state index in [-0.39, 0.29) is 21.9 Å². The van der Waals surface area contributed by atoms with Crippen molar-refractivity contribution in [2.24, 2.45) is 5.92 Å². The van der Waals surface area contributed by atoms with Crippen LogP contribution in [-0.2, 0) is 21.3 Å². The Hall–Kier alpha value is -0.660. The summed E-state index contributed by atoms with van der Waals surface area (Å²) in [5.41, 5.74) is 0.875. The molecule has 0 radical (unpaired) electrons. The van der Waals surface area contributed by atoms with E-state index in [1.165, 1.54) is 0 Å². The van der Waals surface area contributed by atoms with Crippen molar-refractivity contribution in [3.8, 4) is 0 Å². The number of rotatable bonds is 6. The number of hydrogen-bond donors (Lipinski definition) is 2. The van der Waals surface area contributed by atoms with Gasteiger partial charge in [0.05, 0.1) is 11.1 Å².